The zero-order chi connectivity index (χ0) is 15.5. The van der Waals surface area contributed by atoms with Crippen LogP contribution in [0.15, 0.2) is 5.03 Å². The van der Waals surface area contributed by atoms with Crippen LogP contribution in [0, 0.1) is 6.92 Å². The number of nitrogens with zero attached hydrogens (tertiary/aromatic N) is 2. The summed E-state index contributed by atoms with van der Waals surface area (Å²) in [5.41, 5.74) is 1.02. The molecule has 1 N–H and O–H groups in total. The molecule has 0 bridgehead atoms. The van der Waals surface area contributed by atoms with Crippen LogP contribution in [-0.2, 0) is 9.84 Å². The number of hydrogen-bond acceptors (Lipinski definition) is 6. The lowest BCUT2D eigenvalue weighted by Crippen LogP contribution is -2.09. The molecule has 5 nitrogen and oxygen atoms in total. The first-order valence-corrected chi connectivity index (χ1v) is 10.4. The lowest BCUT2D eigenvalue weighted by Gasteiger charge is -2.13. The molecule has 1 fully saturated rings. The number of hydrogen-bond donors (Lipinski definition) is 1. The van der Waals surface area contributed by atoms with E-state index in [0.29, 0.717) is 11.7 Å². The molecule has 1 heterocycles. The monoisotopic (exact) mass is 329 g/mol. The quantitative estimate of drug-likeness (QED) is 0.584. The molecular formula is C14H23N3O2S2. The second-order valence-corrected chi connectivity index (χ2v) is 8.88. The van der Waals surface area contributed by atoms with Crippen LogP contribution in [0.3, 0.4) is 0 Å². The number of rotatable bonds is 8. The van der Waals surface area contributed by atoms with Gasteiger partial charge in [-0.1, -0.05) is 6.92 Å². The second-order valence-electron chi connectivity index (χ2n) is 5.54. The Hall–Kier alpha value is -0.820. The summed E-state index contributed by atoms with van der Waals surface area (Å²) in [5, 5.41) is 4.26. The van der Waals surface area contributed by atoms with Crippen molar-refractivity contribution < 1.29 is 8.42 Å². The van der Waals surface area contributed by atoms with Gasteiger partial charge in [0.1, 0.15) is 26.5 Å². The standard InChI is InChI=1S/C14H23N3O2S2/c1-4-7-15-12-10(2)14(20-8-9-21(3,18)19)17-13(16-12)11-5-6-11/h11H,4-9H2,1-3H3,(H,15,16,17). The normalized spacial score (nSPS) is 15.2. The first-order chi connectivity index (χ1) is 9.90. The van der Waals surface area contributed by atoms with Crippen molar-refractivity contribution in [3.63, 3.8) is 0 Å². The molecule has 0 aromatic carbocycles. The predicted octanol–water partition coefficient (Wildman–Crippen LogP) is 2.62. The van der Waals surface area contributed by atoms with Crippen molar-refractivity contribution in [2.75, 3.05) is 29.6 Å². The van der Waals surface area contributed by atoms with E-state index >= 15 is 0 Å². The van der Waals surface area contributed by atoms with Gasteiger partial charge in [0, 0.05) is 30.0 Å². The van der Waals surface area contributed by atoms with Gasteiger partial charge in [0.25, 0.3) is 0 Å². The van der Waals surface area contributed by atoms with Crippen molar-refractivity contribution >= 4 is 27.4 Å². The minimum absolute atomic E-state index is 0.178. The van der Waals surface area contributed by atoms with Crippen LogP contribution < -0.4 is 5.32 Å². The van der Waals surface area contributed by atoms with E-state index < -0.39 is 9.84 Å². The molecule has 1 aliphatic rings. The topological polar surface area (TPSA) is 72.0 Å². The van der Waals surface area contributed by atoms with E-state index in [1.54, 1.807) is 0 Å². The zero-order valence-corrected chi connectivity index (χ0v) is 14.5. The molecule has 118 valence electrons. The Labute approximate surface area is 131 Å². The summed E-state index contributed by atoms with van der Waals surface area (Å²) < 4.78 is 22.5. The van der Waals surface area contributed by atoms with E-state index in [-0.39, 0.29) is 5.75 Å². The number of nitrogens with one attached hydrogen (secondary N) is 1. The summed E-state index contributed by atoms with van der Waals surface area (Å²) in [7, 11) is -2.93. The van der Waals surface area contributed by atoms with Crippen LogP contribution in [0.2, 0.25) is 0 Å². The molecule has 1 saturated carbocycles. The van der Waals surface area contributed by atoms with Crippen molar-refractivity contribution in [2.45, 2.75) is 44.1 Å². The Kier molecular flexibility index (Phi) is 5.48. The average molecular weight is 329 g/mol. The Bertz CT molecular complexity index is 598. The van der Waals surface area contributed by atoms with Crippen LogP contribution in [-0.4, -0.2) is 42.7 Å². The van der Waals surface area contributed by atoms with Gasteiger partial charge in [-0.3, -0.25) is 0 Å². The fourth-order valence-corrected chi connectivity index (χ4v) is 4.09. The lowest BCUT2D eigenvalue weighted by atomic mass is 10.3. The maximum Gasteiger partial charge on any atom is 0.148 e. The summed E-state index contributed by atoms with van der Waals surface area (Å²) in [6.45, 7) is 5.00. The highest BCUT2D eigenvalue weighted by atomic mass is 32.2. The summed E-state index contributed by atoms with van der Waals surface area (Å²) >= 11 is 1.51. The molecule has 0 atom stereocenters. The van der Waals surface area contributed by atoms with Gasteiger partial charge in [0.05, 0.1) is 5.75 Å². The molecule has 0 spiro atoms. The molecule has 1 aromatic rings. The molecule has 1 aliphatic carbocycles. The van der Waals surface area contributed by atoms with Crippen molar-refractivity contribution in [1.82, 2.24) is 9.97 Å². The predicted molar refractivity (Wildman–Crippen MR) is 88.0 cm³/mol. The molecule has 21 heavy (non-hydrogen) atoms. The summed E-state index contributed by atoms with van der Waals surface area (Å²) in [6.07, 6.45) is 4.62. The first-order valence-electron chi connectivity index (χ1n) is 7.33. The second kappa shape index (κ2) is 6.96. The fourth-order valence-electron chi connectivity index (χ4n) is 1.88. The average Bonchev–Trinajstić information content (AvgIpc) is 3.22. The minimum atomic E-state index is -2.93. The first kappa shape index (κ1) is 16.5. The van der Waals surface area contributed by atoms with Crippen molar-refractivity contribution in [3.05, 3.63) is 11.4 Å². The van der Waals surface area contributed by atoms with E-state index in [0.717, 1.165) is 48.0 Å². The number of thioether (sulfide) groups is 1. The number of aromatic nitrogens is 2. The van der Waals surface area contributed by atoms with Gasteiger partial charge in [-0.25, -0.2) is 18.4 Å². The highest BCUT2D eigenvalue weighted by molar-refractivity contribution is 8.00. The Morgan fingerprint density at radius 2 is 2.05 bits per heavy atom. The zero-order valence-electron chi connectivity index (χ0n) is 12.8. The van der Waals surface area contributed by atoms with Crippen LogP contribution in [0.4, 0.5) is 5.82 Å². The fraction of sp³-hybridized carbons (Fsp3) is 0.714. The third kappa shape index (κ3) is 5.14. The highest BCUT2D eigenvalue weighted by Crippen LogP contribution is 2.40. The molecule has 0 aliphatic heterocycles. The van der Waals surface area contributed by atoms with Gasteiger partial charge in [-0.05, 0) is 26.2 Å². The third-order valence-corrected chi connectivity index (χ3v) is 5.58. The number of anilines is 1. The third-order valence-electron chi connectivity index (χ3n) is 3.30. The molecule has 7 heteroatoms. The van der Waals surface area contributed by atoms with Crippen LogP contribution in [0.5, 0.6) is 0 Å². The smallest absolute Gasteiger partial charge is 0.148 e. The van der Waals surface area contributed by atoms with E-state index in [1.165, 1.54) is 18.0 Å². The van der Waals surface area contributed by atoms with Crippen molar-refractivity contribution in [2.24, 2.45) is 0 Å². The maximum atomic E-state index is 11.2. The van der Waals surface area contributed by atoms with Crippen molar-refractivity contribution in [1.29, 1.82) is 0 Å². The SMILES string of the molecule is CCCNc1nc(C2CC2)nc(SCCS(C)(=O)=O)c1C. The van der Waals surface area contributed by atoms with Gasteiger partial charge >= 0.3 is 0 Å². The van der Waals surface area contributed by atoms with Gasteiger partial charge in [-0.15, -0.1) is 11.8 Å². The molecular weight excluding hydrogens is 306 g/mol. The van der Waals surface area contributed by atoms with Crippen molar-refractivity contribution in [3.8, 4) is 0 Å². The largest absolute Gasteiger partial charge is 0.370 e. The van der Waals surface area contributed by atoms with E-state index in [4.69, 9.17) is 0 Å². The molecule has 2 rings (SSSR count). The summed E-state index contributed by atoms with van der Waals surface area (Å²) in [6, 6.07) is 0. The van der Waals surface area contributed by atoms with Crippen LogP contribution in [0.25, 0.3) is 0 Å². The molecule has 0 unspecified atom stereocenters. The van der Waals surface area contributed by atoms with Gasteiger partial charge in [0.2, 0.25) is 0 Å². The molecule has 1 aromatic heterocycles. The van der Waals surface area contributed by atoms with Gasteiger partial charge < -0.3 is 5.32 Å². The summed E-state index contributed by atoms with van der Waals surface area (Å²) in [4.78, 5) is 9.28. The maximum absolute atomic E-state index is 11.2. The van der Waals surface area contributed by atoms with Crippen LogP contribution >= 0.6 is 11.8 Å². The van der Waals surface area contributed by atoms with E-state index in [1.807, 2.05) is 6.92 Å². The lowest BCUT2D eigenvalue weighted by molar-refractivity contribution is 0.603. The Morgan fingerprint density at radius 1 is 1.33 bits per heavy atom. The highest BCUT2D eigenvalue weighted by Gasteiger charge is 2.28. The summed E-state index contributed by atoms with van der Waals surface area (Å²) in [5.74, 6) is 3.00. The van der Waals surface area contributed by atoms with Gasteiger partial charge in [0.15, 0.2) is 0 Å². The minimum Gasteiger partial charge on any atom is -0.370 e. The van der Waals surface area contributed by atoms with E-state index in [2.05, 4.69) is 22.2 Å². The molecule has 0 saturated heterocycles. The Balaban J connectivity index is 2.15. The Morgan fingerprint density at radius 3 is 2.62 bits per heavy atom. The van der Waals surface area contributed by atoms with Gasteiger partial charge in [-0.2, -0.15) is 0 Å². The van der Waals surface area contributed by atoms with Crippen LogP contribution in [0.1, 0.15) is 43.5 Å². The molecule has 0 radical (unpaired) electrons. The van der Waals surface area contributed by atoms with E-state index in [9.17, 15) is 8.42 Å². The number of sulfone groups is 1. The molecule has 0 amide bonds.